The third-order valence-corrected chi connectivity index (χ3v) is 19.8. The van der Waals surface area contributed by atoms with Gasteiger partial charge in [0.2, 0.25) is 11.8 Å². The second kappa shape index (κ2) is 43.4. The van der Waals surface area contributed by atoms with Gasteiger partial charge in [-0.1, -0.05) is 290 Å². The Morgan fingerprint density at radius 3 is 1.29 bits per heavy atom. The molecule has 0 atom stereocenters. The Labute approximate surface area is 680 Å². The molecule has 2 aliphatic heterocycles. The summed E-state index contributed by atoms with van der Waals surface area (Å²) >= 11 is 6.41. The highest BCUT2D eigenvalue weighted by atomic mass is 32.1. The van der Waals surface area contributed by atoms with Gasteiger partial charge in [0.1, 0.15) is 45.4 Å². The molecule has 0 aliphatic carbocycles. The van der Waals surface area contributed by atoms with E-state index in [1.165, 1.54) is 38.1 Å². The predicted molar refractivity (Wildman–Crippen MR) is 485 cm³/mol. The van der Waals surface area contributed by atoms with E-state index in [2.05, 4.69) is 351 Å². The molecule has 110 heavy (non-hydrogen) atoms. The maximum atomic E-state index is 5.37. The highest BCUT2D eigenvalue weighted by Crippen LogP contribution is 2.34. The number of hydrogen-bond donors (Lipinski definition) is 0. The molecule has 0 N–H and O–H groups in total. The number of oxazole rings is 2. The van der Waals surface area contributed by atoms with Gasteiger partial charge in [-0.3, -0.25) is 9.98 Å². The molecule has 0 spiro atoms. The van der Waals surface area contributed by atoms with Crippen LogP contribution in [0.5, 0.6) is 0 Å². The van der Waals surface area contributed by atoms with Crippen LogP contribution in [0.25, 0.3) is 48.6 Å². The van der Waals surface area contributed by atoms with Crippen molar-refractivity contribution in [2.24, 2.45) is 20.8 Å². The van der Waals surface area contributed by atoms with Crippen LogP contribution >= 0.6 is 45.7 Å². The first kappa shape index (κ1) is 99.6. The van der Waals surface area contributed by atoms with Crippen molar-refractivity contribution in [3.05, 3.63) is 238 Å². The van der Waals surface area contributed by atoms with Crippen LogP contribution in [0.1, 0.15) is 302 Å². The summed E-state index contributed by atoms with van der Waals surface area (Å²) in [5.74, 6) is 2.98. The summed E-state index contributed by atoms with van der Waals surface area (Å²) < 4.78 is 28.9. The Kier molecular flexibility index (Phi) is 39.3. The lowest BCUT2D eigenvalue weighted by atomic mass is 9.87. The third kappa shape index (κ3) is 36.2. The zero-order chi connectivity index (χ0) is 84.8. The molecule has 18 heteroatoms. The van der Waals surface area contributed by atoms with E-state index in [0.717, 1.165) is 85.7 Å². The molecule has 0 fully saturated rings. The first-order valence-electron chi connectivity index (χ1n) is 36.9. The van der Waals surface area contributed by atoms with Gasteiger partial charge in [-0.05, 0) is 134 Å². The van der Waals surface area contributed by atoms with Gasteiger partial charge in [0.25, 0.3) is 0 Å². The normalized spacial score (nSPS) is 12.8. The molecule has 600 valence electrons. The van der Waals surface area contributed by atoms with Crippen molar-refractivity contribution in [1.82, 2.24) is 39.0 Å². The molecule has 0 radical (unpaired) electrons. The minimum Gasteiger partial charge on any atom is -0.445 e. The van der Waals surface area contributed by atoms with E-state index in [-0.39, 0.29) is 54.1 Å². The molecular formula is C92H134N10O4S4. The van der Waals surface area contributed by atoms with Gasteiger partial charge in [-0.25, -0.2) is 19.9 Å². The van der Waals surface area contributed by atoms with Crippen molar-refractivity contribution in [2.75, 3.05) is 6.54 Å². The number of allylic oxidation sites excluding steroid dienone is 5. The van der Waals surface area contributed by atoms with Gasteiger partial charge >= 0.3 is 0 Å². The average Bonchev–Trinajstić information content (AvgIpc) is 1.68. The zero-order valence-corrected chi connectivity index (χ0v) is 76.0. The van der Waals surface area contributed by atoms with E-state index in [9.17, 15) is 0 Å². The largest absolute Gasteiger partial charge is 0.445 e. The molecule has 0 saturated heterocycles. The van der Waals surface area contributed by atoms with Crippen LogP contribution in [0, 0.1) is 10.8 Å². The Morgan fingerprint density at radius 1 is 0.436 bits per heavy atom. The second-order valence-electron chi connectivity index (χ2n) is 36.1. The van der Waals surface area contributed by atoms with Crippen LogP contribution in [0.3, 0.4) is 0 Å². The van der Waals surface area contributed by atoms with Gasteiger partial charge in [0.15, 0.2) is 0 Å². The fraction of sp³-hybridized carbons (Fsp3) is 0.457. The monoisotopic (exact) mass is 1570 g/mol. The number of aliphatic imine (C=N–C) groups is 2. The Morgan fingerprint density at radius 2 is 1.00 bits per heavy atom. The van der Waals surface area contributed by atoms with Crippen molar-refractivity contribution >= 4 is 106 Å². The second-order valence-corrected chi connectivity index (χ2v) is 39.5. The van der Waals surface area contributed by atoms with E-state index in [1.807, 2.05) is 24.4 Å². The van der Waals surface area contributed by atoms with Crippen LogP contribution in [0.2, 0.25) is 0 Å². The molecule has 2 aliphatic rings. The van der Waals surface area contributed by atoms with E-state index >= 15 is 0 Å². The number of hydrogen-bond acceptors (Lipinski definition) is 18. The Hall–Kier alpha value is -8.42. The maximum absolute atomic E-state index is 5.37. The van der Waals surface area contributed by atoms with Gasteiger partial charge in [-0.2, -0.15) is 8.75 Å². The number of rotatable bonds is 10. The molecule has 8 aromatic rings. The van der Waals surface area contributed by atoms with E-state index in [4.69, 9.17) is 17.9 Å². The smallest absolute Gasteiger partial charge is 0.218 e. The topological polar surface area (TPSA) is 180 Å². The minimum atomic E-state index is 0.0360. The molecule has 0 unspecified atom stereocenters. The van der Waals surface area contributed by atoms with Gasteiger partial charge in [0, 0.05) is 83.2 Å². The van der Waals surface area contributed by atoms with E-state index < -0.39 is 0 Å². The van der Waals surface area contributed by atoms with Crippen molar-refractivity contribution in [1.29, 1.82) is 0 Å². The zero-order valence-electron chi connectivity index (χ0n) is 72.8. The average molecular weight is 1570 g/mol. The molecular weight excluding hydrogens is 1440 g/mol. The number of aromatic nitrogens is 8. The van der Waals surface area contributed by atoms with E-state index in [0.29, 0.717) is 11.8 Å². The Balaban J connectivity index is 0.000000611. The van der Waals surface area contributed by atoms with Crippen LogP contribution in [-0.4, -0.2) is 57.0 Å². The SMILES string of the molecule is C=CC1=NC(C(C)(C)C)=CC1.C=CC1=NCC(C(C)(C)C)=C1.C=Cc1cc(C(C)(C)C)on1.C=Cc1cc(C(C)(C)C)sn1.C=Cc1nc(C(C)(C)C)co1.C=Cc1nc(C(C)(C)C)cs1.C=Cc1ncc(C(C)(C)C)o1.C=Cc1ncc(C(C)(C)C)s1.C=Cc1nocc1C(C)(C)C.C=Cc1nscc1C(C)(C)C. The van der Waals surface area contributed by atoms with Crippen LogP contribution < -0.4 is 0 Å². The molecule has 0 saturated carbocycles. The molecule has 14 nitrogen and oxygen atoms in total. The predicted octanol–water partition coefficient (Wildman–Crippen LogP) is 28.3. The summed E-state index contributed by atoms with van der Waals surface area (Å²) in [5, 5.41) is 13.8. The molecule has 0 bridgehead atoms. The molecule has 0 amide bonds. The summed E-state index contributed by atoms with van der Waals surface area (Å²) in [6.07, 6.45) is 29.7. The van der Waals surface area contributed by atoms with Crippen LogP contribution in [-0.2, 0) is 43.3 Å². The standard InChI is InChI=1S/2C10H15N.4C9H13NO.4C9H13NS/c1-5-9-6-8(7-11-9)10(2,3)4;1-5-8-6-7-9(11-8)10(2,3)4;1-5-8-10-7(6-11-8)9(2,3)4;1-5-8-10-6-7(11-8)9(2,3)4;1-5-8-7(6-11-10-8)9(2,3)4;1-5-7-6-8(11-10-7)9(2,3)4;1-5-8-10-7(6-11-8)9(2,3)4;1-5-8-10-6-7(11-8)9(2,3)4;1-5-8-7(6-11-10-8)9(2,3)4;1-5-7-6-8(11-10-7)9(2,3)4/h5-6H,1,7H2,2-4H3;5,7H,1,6H2,2-4H3;8*5-6H,1H2,2-4H3. The lowest BCUT2D eigenvalue weighted by Gasteiger charge is -2.18. The molecule has 0 aromatic carbocycles. The van der Waals surface area contributed by atoms with Crippen molar-refractivity contribution in [2.45, 2.75) is 257 Å². The van der Waals surface area contributed by atoms with Gasteiger partial charge in [-0.15, -0.1) is 22.7 Å². The third-order valence-electron chi connectivity index (χ3n) is 15.7. The van der Waals surface area contributed by atoms with Crippen molar-refractivity contribution in [3.8, 4) is 0 Å². The number of nitrogens with zero attached hydrogens (tertiary/aromatic N) is 10. The first-order chi connectivity index (χ1) is 50.4. The highest BCUT2D eigenvalue weighted by molar-refractivity contribution is 7.12. The summed E-state index contributed by atoms with van der Waals surface area (Å²) in [6, 6.07) is 4.00. The van der Waals surface area contributed by atoms with Crippen molar-refractivity contribution in [3.63, 3.8) is 0 Å². The first-order valence-corrected chi connectivity index (χ1v) is 40.2. The quantitative estimate of drug-likeness (QED) is 0.127. The van der Waals surface area contributed by atoms with Crippen LogP contribution in [0.4, 0.5) is 0 Å². The molecule has 10 rings (SSSR count). The lowest BCUT2D eigenvalue weighted by molar-refractivity contribution is 0.328. The summed E-state index contributed by atoms with van der Waals surface area (Å²) in [4.78, 5) is 28.2. The minimum absolute atomic E-state index is 0.0360. The maximum Gasteiger partial charge on any atom is 0.218 e. The van der Waals surface area contributed by atoms with E-state index in [1.54, 1.807) is 102 Å². The highest BCUT2D eigenvalue weighted by Gasteiger charge is 2.25. The fourth-order valence-corrected chi connectivity index (χ4v) is 11.8. The fourth-order valence-electron chi connectivity index (χ4n) is 8.37. The Bertz CT molecular complexity index is 3850. The van der Waals surface area contributed by atoms with Crippen molar-refractivity contribution < 1.29 is 17.9 Å². The molecule has 8 aromatic heterocycles. The van der Waals surface area contributed by atoms with Crippen LogP contribution in [0.15, 0.2) is 177 Å². The molecule has 10 heterocycles. The lowest BCUT2D eigenvalue weighted by Crippen LogP contribution is -2.11. The van der Waals surface area contributed by atoms with Gasteiger partial charge < -0.3 is 17.9 Å². The van der Waals surface area contributed by atoms with Gasteiger partial charge in [0.05, 0.1) is 41.2 Å². The summed E-state index contributed by atoms with van der Waals surface area (Å²) in [7, 11) is 0. The summed E-state index contributed by atoms with van der Waals surface area (Å²) in [5.41, 5.74) is 14.3. The number of thiazole rings is 2. The summed E-state index contributed by atoms with van der Waals surface area (Å²) in [6.45, 7) is 102.